The van der Waals surface area contributed by atoms with E-state index in [2.05, 4.69) is 53.1 Å². The van der Waals surface area contributed by atoms with Crippen molar-refractivity contribution >= 4 is 5.95 Å². The molecule has 0 atom stereocenters. The molecule has 20 heavy (non-hydrogen) atoms. The van der Waals surface area contributed by atoms with E-state index in [0.717, 1.165) is 25.5 Å². The minimum atomic E-state index is 0.850. The maximum absolute atomic E-state index is 4.41. The Labute approximate surface area is 121 Å². The maximum atomic E-state index is 4.41. The lowest BCUT2D eigenvalue weighted by atomic mass is 10.1. The first-order chi connectivity index (χ1) is 9.58. The van der Waals surface area contributed by atoms with Gasteiger partial charge in [-0.3, -0.25) is 0 Å². The van der Waals surface area contributed by atoms with Gasteiger partial charge in [0.2, 0.25) is 5.95 Å². The minimum Gasteiger partial charge on any atom is -0.348 e. The molecule has 0 saturated carbocycles. The summed E-state index contributed by atoms with van der Waals surface area (Å²) in [6, 6.07) is 8.68. The van der Waals surface area contributed by atoms with Crippen LogP contribution in [0.5, 0.6) is 0 Å². The van der Waals surface area contributed by atoms with Crippen molar-refractivity contribution in [2.45, 2.75) is 19.9 Å². The Morgan fingerprint density at radius 3 is 2.75 bits per heavy atom. The Balaban J connectivity index is 1.82. The van der Waals surface area contributed by atoms with Gasteiger partial charge in [-0.25, -0.2) is 4.98 Å². The summed E-state index contributed by atoms with van der Waals surface area (Å²) in [5.74, 6) is 0.987. The summed E-state index contributed by atoms with van der Waals surface area (Å²) in [6.07, 6.45) is 3.00. The van der Waals surface area contributed by atoms with E-state index in [1.165, 1.54) is 16.8 Å². The molecule has 2 aromatic rings. The zero-order valence-electron chi connectivity index (χ0n) is 12.8. The highest BCUT2D eigenvalue weighted by atomic mass is 15.3. The van der Waals surface area contributed by atoms with E-state index < -0.39 is 0 Å². The highest BCUT2D eigenvalue weighted by molar-refractivity contribution is 5.31. The van der Waals surface area contributed by atoms with Gasteiger partial charge in [0.1, 0.15) is 0 Å². The first-order valence-electron chi connectivity index (χ1n) is 7.02. The van der Waals surface area contributed by atoms with Crippen molar-refractivity contribution in [1.29, 1.82) is 0 Å². The summed E-state index contributed by atoms with van der Waals surface area (Å²) in [5.41, 5.74) is 3.92. The lowest BCUT2D eigenvalue weighted by molar-refractivity contribution is 0.652. The van der Waals surface area contributed by atoms with Gasteiger partial charge < -0.3 is 14.8 Å². The van der Waals surface area contributed by atoms with Crippen LogP contribution in [0.25, 0.3) is 0 Å². The number of hydrogen-bond acceptors (Lipinski definition) is 3. The van der Waals surface area contributed by atoms with E-state index in [0.29, 0.717) is 0 Å². The molecular weight excluding hydrogens is 248 g/mol. The monoisotopic (exact) mass is 272 g/mol. The highest BCUT2D eigenvalue weighted by Crippen LogP contribution is 2.10. The number of anilines is 1. The summed E-state index contributed by atoms with van der Waals surface area (Å²) in [5, 5.41) is 3.48. The Bertz CT molecular complexity index is 557. The molecule has 0 amide bonds. The zero-order valence-corrected chi connectivity index (χ0v) is 12.8. The van der Waals surface area contributed by atoms with Gasteiger partial charge in [-0.2, -0.15) is 0 Å². The molecule has 0 unspecified atom stereocenters. The fourth-order valence-corrected chi connectivity index (χ4v) is 2.33. The number of nitrogens with one attached hydrogen (secondary N) is 1. The molecule has 0 aliphatic heterocycles. The average Bonchev–Trinajstić information content (AvgIpc) is 2.76. The summed E-state index contributed by atoms with van der Waals surface area (Å²) >= 11 is 0. The SMILES string of the molecule is Cc1cccc(CCNCc2cnc(N(C)C)n2C)c1. The molecule has 108 valence electrons. The third-order valence-corrected chi connectivity index (χ3v) is 3.44. The van der Waals surface area contributed by atoms with Crippen LogP contribution in [0.4, 0.5) is 5.95 Å². The van der Waals surface area contributed by atoms with Crippen molar-refractivity contribution in [1.82, 2.24) is 14.9 Å². The molecule has 1 heterocycles. The van der Waals surface area contributed by atoms with Gasteiger partial charge in [-0.15, -0.1) is 0 Å². The quantitative estimate of drug-likeness (QED) is 0.818. The topological polar surface area (TPSA) is 33.1 Å². The van der Waals surface area contributed by atoms with Gasteiger partial charge in [0.05, 0.1) is 11.9 Å². The number of aryl methyl sites for hydroxylation is 1. The van der Waals surface area contributed by atoms with Crippen molar-refractivity contribution in [3.63, 3.8) is 0 Å². The van der Waals surface area contributed by atoms with Crippen LogP contribution >= 0.6 is 0 Å². The molecule has 0 spiro atoms. The van der Waals surface area contributed by atoms with Crippen molar-refractivity contribution in [2.24, 2.45) is 7.05 Å². The molecule has 0 bridgehead atoms. The molecule has 0 saturated heterocycles. The van der Waals surface area contributed by atoms with Crippen LogP contribution in [0, 0.1) is 6.92 Å². The lowest BCUT2D eigenvalue weighted by Crippen LogP contribution is -2.20. The summed E-state index contributed by atoms with van der Waals surface area (Å²) in [6.45, 7) is 3.96. The van der Waals surface area contributed by atoms with E-state index in [-0.39, 0.29) is 0 Å². The molecule has 1 aromatic carbocycles. The molecule has 2 rings (SSSR count). The molecule has 0 aliphatic rings. The van der Waals surface area contributed by atoms with Crippen LogP contribution in [-0.2, 0) is 20.0 Å². The highest BCUT2D eigenvalue weighted by Gasteiger charge is 2.07. The minimum absolute atomic E-state index is 0.850. The van der Waals surface area contributed by atoms with Crippen LogP contribution in [0.1, 0.15) is 16.8 Å². The van der Waals surface area contributed by atoms with Gasteiger partial charge in [-0.1, -0.05) is 29.8 Å². The Morgan fingerprint density at radius 1 is 1.30 bits per heavy atom. The van der Waals surface area contributed by atoms with Crippen molar-refractivity contribution < 1.29 is 0 Å². The van der Waals surface area contributed by atoms with Gasteiger partial charge in [0.15, 0.2) is 0 Å². The summed E-state index contributed by atoms with van der Waals surface area (Å²) < 4.78 is 2.12. The smallest absolute Gasteiger partial charge is 0.204 e. The number of hydrogen-bond donors (Lipinski definition) is 1. The number of aromatic nitrogens is 2. The fraction of sp³-hybridized carbons (Fsp3) is 0.438. The van der Waals surface area contributed by atoms with Crippen LogP contribution < -0.4 is 10.2 Å². The molecule has 4 heteroatoms. The lowest BCUT2D eigenvalue weighted by Gasteiger charge is -2.13. The van der Waals surface area contributed by atoms with Gasteiger partial charge >= 0.3 is 0 Å². The van der Waals surface area contributed by atoms with Crippen molar-refractivity contribution in [2.75, 3.05) is 25.5 Å². The zero-order chi connectivity index (χ0) is 14.5. The molecule has 1 N–H and O–H groups in total. The van der Waals surface area contributed by atoms with Crippen LogP contribution in [0.15, 0.2) is 30.5 Å². The van der Waals surface area contributed by atoms with E-state index >= 15 is 0 Å². The number of benzene rings is 1. The maximum Gasteiger partial charge on any atom is 0.204 e. The number of nitrogens with zero attached hydrogens (tertiary/aromatic N) is 3. The predicted molar refractivity (Wildman–Crippen MR) is 84.1 cm³/mol. The Hall–Kier alpha value is -1.81. The summed E-state index contributed by atoms with van der Waals surface area (Å²) in [4.78, 5) is 6.44. The number of imidazole rings is 1. The second kappa shape index (κ2) is 6.57. The van der Waals surface area contributed by atoms with Gasteiger partial charge in [-0.05, 0) is 25.5 Å². The molecule has 0 aliphatic carbocycles. The molecular formula is C16H24N4. The second-order valence-electron chi connectivity index (χ2n) is 5.42. The molecule has 1 aromatic heterocycles. The predicted octanol–water partition coefficient (Wildman–Crippen LogP) is 2.13. The average molecular weight is 272 g/mol. The number of rotatable bonds is 6. The van der Waals surface area contributed by atoms with Crippen LogP contribution in [0.3, 0.4) is 0 Å². The molecule has 0 radical (unpaired) electrons. The van der Waals surface area contributed by atoms with Gasteiger partial charge in [0.25, 0.3) is 0 Å². The molecule has 4 nitrogen and oxygen atoms in total. The third-order valence-electron chi connectivity index (χ3n) is 3.44. The third kappa shape index (κ3) is 3.61. The Morgan fingerprint density at radius 2 is 2.10 bits per heavy atom. The van der Waals surface area contributed by atoms with Crippen LogP contribution in [0.2, 0.25) is 0 Å². The largest absolute Gasteiger partial charge is 0.348 e. The van der Waals surface area contributed by atoms with Crippen LogP contribution in [-0.4, -0.2) is 30.2 Å². The fourth-order valence-electron chi connectivity index (χ4n) is 2.33. The Kier molecular flexibility index (Phi) is 4.79. The normalized spacial score (nSPS) is 10.8. The molecule has 0 fully saturated rings. The first-order valence-corrected chi connectivity index (χ1v) is 7.02. The summed E-state index contributed by atoms with van der Waals surface area (Å²) in [7, 11) is 6.08. The first kappa shape index (κ1) is 14.6. The van der Waals surface area contributed by atoms with E-state index in [9.17, 15) is 0 Å². The van der Waals surface area contributed by atoms with Crippen molar-refractivity contribution in [3.8, 4) is 0 Å². The van der Waals surface area contributed by atoms with E-state index in [1.54, 1.807) is 0 Å². The van der Waals surface area contributed by atoms with Gasteiger partial charge in [0, 0.05) is 27.7 Å². The van der Waals surface area contributed by atoms with E-state index in [1.807, 2.05) is 25.2 Å². The van der Waals surface area contributed by atoms with Crippen molar-refractivity contribution in [3.05, 3.63) is 47.3 Å². The second-order valence-corrected chi connectivity index (χ2v) is 5.42. The standard InChI is InChI=1S/C16H24N4/c1-13-6-5-7-14(10-13)8-9-17-11-15-12-18-16(19(2)3)20(15)4/h5-7,10,12,17H,8-9,11H2,1-4H3. The van der Waals surface area contributed by atoms with E-state index in [4.69, 9.17) is 0 Å².